The zero-order valence-electron chi connectivity index (χ0n) is 11.3. The number of nitrogens with one attached hydrogen (secondary N) is 2. The predicted molar refractivity (Wildman–Crippen MR) is 80.0 cm³/mol. The summed E-state index contributed by atoms with van der Waals surface area (Å²) in [7, 11) is 0. The average molecular weight is 281 g/mol. The van der Waals surface area contributed by atoms with Crippen molar-refractivity contribution in [3.05, 3.63) is 29.3 Å². The molecule has 1 aromatic carbocycles. The summed E-state index contributed by atoms with van der Waals surface area (Å²) in [5, 5.41) is 5.85. The summed E-state index contributed by atoms with van der Waals surface area (Å²) in [6.07, 6.45) is 5.45. The molecule has 2 amide bonds. The first kappa shape index (κ1) is 14.2. The van der Waals surface area contributed by atoms with E-state index in [0.717, 1.165) is 24.9 Å². The van der Waals surface area contributed by atoms with Gasteiger partial charge >= 0.3 is 6.03 Å². The number of alkyl halides is 1. The molecule has 19 heavy (non-hydrogen) atoms. The van der Waals surface area contributed by atoms with E-state index < -0.39 is 0 Å². The second-order valence-corrected chi connectivity index (χ2v) is 5.32. The molecule has 0 saturated heterocycles. The molecule has 104 valence electrons. The summed E-state index contributed by atoms with van der Waals surface area (Å²) in [6.45, 7) is 2.01. The molecule has 0 bridgehead atoms. The molecule has 2 rings (SSSR count). The first-order chi connectivity index (χ1) is 9.24. The van der Waals surface area contributed by atoms with Crippen LogP contribution in [0.5, 0.6) is 0 Å². The summed E-state index contributed by atoms with van der Waals surface area (Å²) in [5.74, 6) is 0.441. The Morgan fingerprint density at radius 2 is 2.16 bits per heavy atom. The van der Waals surface area contributed by atoms with Crippen LogP contribution in [0.2, 0.25) is 0 Å². The van der Waals surface area contributed by atoms with E-state index in [1.165, 1.54) is 24.0 Å². The van der Waals surface area contributed by atoms with Crippen LogP contribution in [0.25, 0.3) is 0 Å². The summed E-state index contributed by atoms with van der Waals surface area (Å²) < 4.78 is 0. The number of amides is 2. The van der Waals surface area contributed by atoms with Crippen LogP contribution in [0.4, 0.5) is 10.5 Å². The predicted octanol–water partition coefficient (Wildman–Crippen LogP) is 3.70. The number of benzene rings is 1. The van der Waals surface area contributed by atoms with Gasteiger partial charge in [-0.3, -0.25) is 0 Å². The number of carbonyl (C=O) groups excluding carboxylic acids is 1. The van der Waals surface area contributed by atoms with Crippen molar-refractivity contribution < 1.29 is 4.79 Å². The van der Waals surface area contributed by atoms with E-state index in [0.29, 0.717) is 5.88 Å². The van der Waals surface area contributed by atoms with Crippen molar-refractivity contribution in [1.82, 2.24) is 5.32 Å². The van der Waals surface area contributed by atoms with Crippen LogP contribution in [0.3, 0.4) is 0 Å². The Morgan fingerprint density at radius 3 is 2.89 bits per heavy atom. The third kappa shape index (κ3) is 3.63. The van der Waals surface area contributed by atoms with Crippen molar-refractivity contribution >= 4 is 23.3 Å². The molecule has 4 heteroatoms. The maximum Gasteiger partial charge on any atom is 0.319 e. The molecule has 0 aromatic heterocycles. The Labute approximate surface area is 119 Å². The molecular weight excluding hydrogens is 260 g/mol. The number of aryl methyl sites for hydroxylation is 1. The fraction of sp³-hybridized carbons (Fsp3) is 0.533. The molecule has 0 radical (unpaired) electrons. The van der Waals surface area contributed by atoms with Crippen LogP contribution in [-0.2, 0) is 12.8 Å². The molecule has 0 saturated carbocycles. The van der Waals surface area contributed by atoms with E-state index in [9.17, 15) is 4.79 Å². The molecule has 0 aliphatic heterocycles. The van der Waals surface area contributed by atoms with Crippen LogP contribution in [0.1, 0.15) is 37.3 Å². The van der Waals surface area contributed by atoms with Gasteiger partial charge in [0.15, 0.2) is 0 Å². The smallest absolute Gasteiger partial charge is 0.319 e. The Bertz CT molecular complexity index is 444. The Morgan fingerprint density at radius 1 is 1.37 bits per heavy atom. The second kappa shape index (κ2) is 6.80. The lowest BCUT2D eigenvalue weighted by Gasteiger charge is -2.21. The number of halogens is 1. The number of anilines is 1. The van der Waals surface area contributed by atoms with Crippen LogP contribution >= 0.6 is 11.6 Å². The number of hydrogen-bond donors (Lipinski definition) is 2. The molecule has 1 atom stereocenters. The van der Waals surface area contributed by atoms with Gasteiger partial charge in [-0.25, -0.2) is 4.79 Å². The van der Waals surface area contributed by atoms with E-state index in [4.69, 9.17) is 11.6 Å². The highest BCUT2D eigenvalue weighted by molar-refractivity contribution is 6.18. The monoisotopic (exact) mass is 280 g/mol. The molecule has 0 unspecified atom stereocenters. The first-order valence-electron chi connectivity index (χ1n) is 6.98. The van der Waals surface area contributed by atoms with Gasteiger partial charge in [0.1, 0.15) is 0 Å². The van der Waals surface area contributed by atoms with Crippen molar-refractivity contribution in [2.45, 2.75) is 45.1 Å². The number of urea groups is 1. The molecule has 1 aliphatic rings. The Kier molecular flexibility index (Phi) is 5.08. The first-order valence-corrected chi connectivity index (χ1v) is 7.52. The Hall–Kier alpha value is -1.22. The van der Waals surface area contributed by atoms with Crippen LogP contribution in [0, 0.1) is 0 Å². The van der Waals surface area contributed by atoms with Crippen molar-refractivity contribution in [2.24, 2.45) is 0 Å². The number of carbonyl (C=O) groups is 1. The second-order valence-electron chi connectivity index (χ2n) is 5.01. The van der Waals surface area contributed by atoms with Gasteiger partial charge < -0.3 is 10.6 Å². The van der Waals surface area contributed by atoms with Gasteiger partial charge in [0.25, 0.3) is 0 Å². The standard InChI is InChI=1S/C15H21ClN2O/c1-2-12(10-16)17-15(19)18-14-9-5-7-11-6-3-4-8-13(11)14/h5,7,9,12H,2-4,6,8,10H2,1H3,(H2,17,18,19)/t12-/m0/s1. The lowest BCUT2D eigenvalue weighted by molar-refractivity contribution is 0.249. The number of rotatable bonds is 4. The number of fused-ring (bicyclic) bond motifs is 1. The minimum atomic E-state index is -0.161. The molecule has 2 N–H and O–H groups in total. The SMILES string of the molecule is CC[C@@H](CCl)NC(=O)Nc1cccc2c1CCCC2. The highest BCUT2D eigenvalue weighted by atomic mass is 35.5. The summed E-state index contributed by atoms with van der Waals surface area (Å²) in [4.78, 5) is 11.9. The van der Waals surface area contributed by atoms with Gasteiger partial charge in [-0.05, 0) is 49.3 Å². The van der Waals surface area contributed by atoms with Crippen molar-refractivity contribution in [2.75, 3.05) is 11.2 Å². The minimum absolute atomic E-state index is 0.0289. The molecule has 3 nitrogen and oxygen atoms in total. The van der Waals surface area contributed by atoms with E-state index in [-0.39, 0.29) is 12.1 Å². The van der Waals surface area contributed by atoms with Crippen LogP contribution < -0.4 is 10.6 Å². The van der Waals surface area contributed by atoms with Gasteiger partial charge in [-0.15, -0.1) is 11.6 Å². The minimum Gasteiger partial charge on any atom is -0.334 e. The van der Waals surface area contributed by atoms with E-state index >= 15 is 0 Å². The van der Waals surface area contributed by atoms with Gasteiger partial charge in [0, 0.05) is 17.6 Å². The average Bonchev–Trinajstić information content (AvgIpc) is 2.45. The third-order valence-corrected chi connectivity index (χ3v) is 4.03. The van der Waals surface area contributed by atoms with Crippen molar-refractivity contribution in [3.8, 4) is 0 Å². The van der Waals surface area contributed by atoms with Crippen molar-refractivity contribution in [3.63, 3.8) is 0 Å². The zero-order valence-corrected chi connectivity index (χ0v) is 12.1. The van der Waals surface area contributed by atoms with Gasteiger partial charge in [0.2, 0.25) is 0 Å². The summed E-state index contributed by atoms with van der Waals surface area (Å²) in [6, 6.07) is 6.02. The molecular formula is C15H21ClN2O. The summed E-state index contributed by atoms with van der Waals surface area (Å²) >= 11 is 5.79. The lowest BCUT2D eigenvalue weighted by atomic mass is 9.90. The highest BCUT2D eigenvalue weighted by Crippen LogP contribution is 2.27. The van der Waals surface area contributed by atoms with Crippen LogP contribution in [-0.4, -0.2) is 18.0 Å². The maximum atomic E-state index is 11.9. The van der Waals surface area contributed by atoms with E-state index in [2.05, 4.69) is 16.7 Å². The number of hydrogen-bond acceptors (Lipinski definition) is 1. The maximum absolute atomic E-state index is 11.9. The topological polar surface area (TPSA) is 41.1 Å². The molecule has 1 aromatic rings. The van der Waals surface area contributed by atoms with Crippen molar-refractivity contribution in [1.29, 1.82) is 0 Å². The van der Waals surface area contributed by atoms with Gasteiger partial charge in [-0.1, -0.05) is 19.1 Å². The molecule has 1 aliphatic carbocycles. The molecule has 0 spiro atoms. The van der Waals surface area contributed by atoms with Gasteiger partial charge in [-0.2, -0.15) is 0 Å². The third-order valence-electron chi connectivity index (χ3n) is 3.66. The largest absolute Gasteiger partial charge is 0.334 e. The van der Waals surface area contributed by atoms with Crippen LogP contribution in [0.15, 0.2) is 18.2 Å². The lowest BCUT2D eigenvalue weighted by Crippen LogP contribution is -2.38. The normalized spacial score (nSPS) is 15.5. The summed E-state index contributed by atoms with van der Waals surface area (Å²) in [5.41, 5.74) is 3.61. The van der Waals surface area contributed by atoms with E-state index in [1.807, 2.05) is 19.1 Å². The van der Waals surface area contributed by atoms with E-state index in [1.54, 1.807) is 0 Å². The van der Waals surface area contributed by atoms with Gasteiger partial charge in [0.05, 0.1) is 0 Å². The zero-order chi connectivity index (χ0) is 13.7. The molecule has 0 fully saturated rings. The molecule has 0 heterocycles. The quantitative estimate of drug-likeness (QED) is 0.811. The Balaban J connectivity index is 2.05. The fourth-order valence-electron chi connectivity index (χ4n) is 2.49. The fourth-order valence-corrected chi connectivity index (χ4v) is 2.79. The highest BCUT2D eigenvalue weighted by Gasteiger charge is 2.15.